The van der Waals surface area contributed by atoms with Gasteiger partial charge in [-0.15, -0.1) is 0 Å². The molecule has 2 heterocycles. The zero-order chi connectivity index (χ0) is 24.6. The molecule has 9 heteroatoms. The van der Waals surface area contributed by atoms with E-state index in [2.05, 4.69) is 20.3 Å². The lowest BCUT2D eigenvalue weighted by atomic mass is 10.0. The minimum Gasteiger partial charge on any atom is -0.437 e. The first-order valence-corrected chi connectivity index (χ1v) is 11.2. The Morgan fingerprint density at radius 2 is 1.94 bits per heavy atom. The lowest BCUT2D eigenvalue weighted by Gasteiger charge is -2.17. The van der Waals surface area contributed by atoms with Crippen LogP contribution in [0.2, 0.25) is 0 Å². The third kappa shape index (κ3) is 4.62. The molecule has 0 spiro atoms. The minimum absolute atomic E-state index is 0.138. The highest BCUT2D eigenvalue weighted by Crippen LogP contribution is 2.41. The Morgan fingerprint density at radius 1 is 1.09 bits per heavy atom. The molecule has 1 atom stereocenters. The number of carbonyl (C=O) groups excluding carboxylic acids is 1. The van der Waals surface area contributed by atoms with E-state index in [1.54, 1.807) is 36.7 Å². The fourth-order valence-electron chi connectivity index (χ4n) is 4.38. The first kappa shape index (κ1) is 22.6. The van der Waals surface area contributed by atoms with Gasteiger partial charge in [0, 0.05) is 47.6 Å². The normalized spacial score (nSPS) is 16.8. The molecule has 1 amide bonds. The number of fused-ring (bicyclic) bond motifs is 1. The van der Waals surface area contributed by atoms with Crippen molar-refractivity contribution in [2.24, 2.45) is 5.92 Å². The summed E-state index contributed by atoms with van der Waals surface area (Å²) in [6, 6.07) is 14.5. The zero-order valence-electron chi connectivity index (χ0n) is 19.0. The van der Waals surface area contributed by atoms with Gasteiger partial charge < -0.3 is 15.8 Å². The Hall–Kier alpha value is -4.14. The summed E-state index contributed by atoms with van der Waals surface area (Å²) in [4.78, 5) is 25.3. The monoisotopic (exact) mass is 475 g/mol. The minimum atomic E-state index is -2.78. The molecular formula is C26H23F2N5O2. The SMILES string of the molecule is Cc1ccc2c(NC(=O)[C@H]3CCC(F)(F)C3)cccc2c1Oc1ncccc1-c1ccnc(N)n1. The number of nitrogens with one attached hydrogen (secondary N) is 1. The van der Waals surface area contributed by atoms with E-state index < -0.39 is 24.2 Å². The standard InChI is InChI=1S/C26H23F2N5O2/c1-15-7-8-17-18(4-2-6-20(17)32-23(34)16-9-11-26(27,28)14-16)22(15)35-24-19(5-3-12-30-24)21-10-13-31-25(29)33-21/h2-8,10,12-13,16H,9,11,14H2,1H3,(H,32,34)(H2,29,31,33)/t16-/m0/s1. The van der Waals surface area contributed by atoms with Crippen LogP contribution in [0.5, 0.6) is 11.6 Å². The second kappa shape index (κ2) is 8.90. The Kier molecular flexibility index (Phi) is 5.76. The summed E-state index contributed by atoms with van der Waals surface area (Å²) in [5.74, 6) is -2.85. The number of nitrogens with two attached hydrogens (primary N) is 1. The molecule has 1 saturated carbocycles. The van der Waals surface area contributed by atoms with Crippen molar-refractivity contribution in [2.75, 3.05) is 11.1 Å². The van der Waals surface area contributed by atoms with E-state index in [1.165, 1.54) is 0 Å². The molecule has 2 aromatic carbocycles. The smallest absolute Gasteiger partial charge is 0.248 e. The molecule has 178 valence electrons. The second-order valence-corrected chi connectivity index (χ2v) is 8.66. The van der Waals surface area contributed by atoms with E-state index in [9.17, 15) is 13.6 Å². The fourth-order valence-corrected chi connectivity index (χ4v) is 4.38. The molecule has 35 heavy (non-hydrogen) atoms. The summed E-state index contributed by atoms with van der Waals surface area (Å²) >= 11 is 0. The first-order chi connectivity index (χ1) is 16.8. The number of nitrogens with zero attached hydrogens (tertiary/aromatic N) is 3. The van der Waals surface area contributed by atoms with Gasteiger partial charge in [0.25, 0.3) is 0 Å². The molecule has 3 N–H and O–H groups in total. The molecule has 5 rings (SSSR count). The Balaban J connectivity index is 1.50. The van der Waals surface area contributed by atoms with E-state index in [0.717, 1.165) is 16.3 Å². The molecule has 0 aliphatic heterocycles. The van der Waals surface area contributed by atoms with Gasteiger partial charge in [0.15, 0.2) is 0 Å². The van der Waals surface area contributed by atoms with Gasteiger partial charge in [-0.25, -0.2) is 23.7 Å². The van der Waals surface area contributed by atoms with Crippen LogP contribution in [0.15, 0.2) is 60.9 Å². The molecule has 0 saturated heterocycles. The number of hydrogen-bond donors (Lipinski definition) is 2. The highest BCUT2D eigenvalue weighted by atomic mass is 19.3. The number of hydrogen-bond acceptors (Lipinski definition) is 6. The maximum atomic E-state index is 13.6. The molecule has 4 aromatic rings. The number of benzene rings is 2. The van der Waals surface area contributed by atoms with Gasteiger partial charge in [-0.2, -0.15) is 0 Å². The van der Waals surface area contributed by atoms with Gasteiger partial charge >= 0.3 is 0 Å². The lowest BCUT2D eigenvalue weighted by Crippen LogP contribution is -2.22. The van der Waals surface area contributed by atoms with Gasteiger partial charge in [0.2, 0.25) is 23.7 Å². The number of rotatable bonds is 5. The van der Waals surface area contributed by atoms with Crippen LogP contribution in [-0.4, -0.2) is 26.8 Å². The van der Waals surface area contributed by atoms with Crippen LogP contribution in [0.25, 0.3) is 22.0 Å². The Labute approximate surface area is 200 Å². The number of pyridine rings is 1. The van der Waals surface area contributed by atoms with E-state index in [0.29, 0.717) is 28.6 Å². The van der Waals surface area contributed by atoms with Crippen molar-refractivity contribution in [1.82, 2.24) is 15.0 Å². The van der Waals surface area contributed by atoms with Gasteiger partial charge in [0.1, 0.15) is 5.75 Å². The van der Waals surface area contributed by atoms with E-state index >= 15 is 0 Å². The number of alkyl halides is 2. The van der Waals surface area contributed by atoms with Gasteiger partial charge in [-0.3, -0.25) is 4.79 Å². The van der Waals surface area contributed by atoms with Crippen molar-refractivity contribution in [1.29, 1.82) is 0 Å². The van der Waals surface area contributed by atoms with Crippen molar-refractivity contribution in [3.63, 3.8) is 0 Å². The van der Waals surface area contributed by atoms with Crippen LogP contribution in [0.3, 0.4) is 0 Å². The molecule has 1 aliphatic carbocycles. The number of amides is 1. The predicted molar refractivity (Wildman–Crippen MR) is 129 cm³/mol. The molecule has 7 nitrogen and oxygen atoms in total. The molecule has 1 fully saturated rings. The molecule has 0 radical (unpaired) electrons. The van der Waals surface area contributed by atoms with Crippen molar-refractivity contribution in [3.8, 4) is 22.9 Å². The maximum absolute atomic E-state index is 13.6. The Bertz CT molecular complexity index is 1430. The highest BCUT2D eigenvalue weighted by Gasteiger charge is 2.42. The van der Waals surface area contributed by atoms with E-state index in [-0.39, 0.29) is 18.8 Å². The summed E-state index contributed by atoms with van der Waals surface area (Å²) in [6.45, 7) is 1.91. The maximum Gasteiger partial charge on any atom is 0.248 e. The van der Waals surface area contributed by atoms with Crippen molar-refractivity contribution >= 4 is 28.3 Å². The number of anilines is 2. The first-order valence-electron chi connectivity index (χ1n) is 11.2. The molecule has 0 unspecified atom stereocenters. The summed E-state index contributed by atoms with van der Waals surface area (Å²) < 4.78 is 33.5. The summed E-state index contributed by atoms with van der Waals surface area (Å²) in [5.41, 5.74) is 8.36. The average Bonchev–Trinajstić information content (AvgIpc) is 3.21. The summed E-state index contributed by atoms with van der Waals surface area (Å²) in [6.07, 6.45) is 2.67. The topological polar surface area (TPSA) is 103 Å². The largest absolute Gasteiger partial charge is 0.437 e. The quantitative estimate of drug-likeness (QED) is 0.381. The van der Waals surface area contributed by atoms with Crippen LogP contribution in [-0.2, 0) is 4.79 Å². The predicted octanol–water partition coefficient (Wildman–Crippen LogP) is 5.75. The summed E-state index contributed by atoms with van der Waals surface area (Å²) in [5, 5.41) is 4.32. The number of aromatic nitrogens is 3. The van der Waals surface area contributed by atoms with Crippen LogP contribution in [0.4, 0.5) is 20.4 Å². The van der Waals surface area contributed by atoms with E-state index in [1.807, 2.05) is 31.2 Å². The molecule has 2 aromatic heterocycles. The second-order valence-electron chi connectivity index (χ2n) is 8.66. The zero-order valence-corrected chi connectivity index (χ0v) is 19.0. The number of halogens is 2. The van der Waals surface area contributed by atoms with Crippen molar-refractivity contribution in [3.05, 3.63) is 66.5 Å². The third-order valence-corrected chi connectivity index (χ3v) is 6.16. The molecule has 1 aliphatic rings. The molecule has 0 bridgehead atoms. The highest BCUT2D eigenvalue weighted by molar-refractivity contribution is 6.05. The van der Waals surface area contributed by atoms with Crippen LogP contribution in [0, 0.1) is 12.8 Å². The van der Waals surface area contributed by atoms with E-state index in [4.69, 9.17) is 10.5 Å². The number of carbonyl (C=O) groups is 1. The Morgan fingerprint density at radius 3 is 2.71 bits per heavy atom. The van der Waals surface area contributed by atoms with Crippen LogP contribution in [0.1, 0.15) is 24.8 Å². The lowest BCUT2D eigenvalue weighted by molar-refractivity contribution is -0.120. The average molecular weight is 475 g/mol. The van der Waals surface area contributed by atoms with Crippen molar-refractivity contribution < 1.29 is 18.3 Å². The number of nitrogen functional groups attached to an aromatic ring is 1. The van der Waals surface area contributed by atoms with Crippen LogP contribution >= 0.6 is 0 Å². The van der Waals surface area contributed by atoms with Crippen LogP contribution < -0.4 is 15.8 Å². The number of ether oxygens (including phenoxy) is 1. The molecular weight excluding hydrogens is 452 g/mol. The van der Waals surface area contributed by atoms with Gasteiger partial charge in [-0.1, -0.05) is 24.3 Å². The van der Waals surface area contributed by atoms with Gasteiger partial charge in [0.05, 0.1) is 11.3 Å². The fraction of sp³-hybridized carbons (Fsp3) is 0.231. The van der Waals surface area contributed by atoms with Crippen molar-refractivity contribution in [2.45, 2.75) is 32.1 Å². The number of aryl methyl sites for hydroxylation is 1. The summed E-state index contributed by atoms with van der Waals surface area (Å²) in [7, 11) is 0. The third-order valence-electron chi connectivity index (χ3n) is 6.16. The van der Waals surface area contributed by atoms with Gasteiger partial charge in [-0.05, 0) is 43.2 Å².